The zero-order valence-corrected chi connectivity index (χ0v) is 13.2. The third-order valence-corrected chi connectivity index (χ3v) is 4.84. The molecule has 20 heavy (non-hydrogen) atoms. The third kappa shape index (κ3) is 2.92. The average Bonchev–Trinajstić information content (AvgIpc) is 2.93. The molecule has 0 fully saturated rings. The first kappa shape index (κ1) is 15.2. The van der Waals surface area contributed by atoms with Gasteiger partial charge in [0.15, 0.2) is 0 Å². The number of hydrogen-bond acceptors (Lipinski definition) is 4. The molecule has 0 spiro atoms. The molecule has 0 bridgehead atoms. The number of ether oxygens (including phenoxy) is 1. The minimum Gasteiger partial charge on any atom is -0.368 e. The van der Waals surface area contributed by atoms with Gasteiger partial charge in [0.25, 0.3) is 0 Å². The van der Waals surface area contributed by atoms with Crippen LogP contribution < -0.4 is 5.73 Å². The maximum absolute atomic E-state index is 5.92. The van der Waals surface area contributed by atoms with Gasteiger partial charge in [0.2, 0.25) is 0 Å². The number of nitrogens with two attached hydrogens (primary N) is 1. The summed E-state index contributed by atoms with van der Waals surface area (Å²) in [5.41, 5.74) is 7.68. The molecule has 4 heteroatoms. The molecule has 1 atom stereocenters. The molecule has 2 rings (SSSR count). The van der Waals surface area contributed by atoms with E-state index in [4.69, 9.17) is 15.5 Å². The maximum Gasteiger partial charge on any atom is 0.125 e. The molecule has 3 nitrogen and oxygen atoms in total. The van der Waals surface area contributed by atoms with Crippen LogP contribution in [-0.4, -0.2) is 11.6 Å². The van der Waals surface area contributed by atoms with Gasteiger partial charge in [0, 0.05) is 23.6 Å². The fourth-order valence-corrected chi connectivity index (χ4v) is 3.30. The van der Waals surface area contributed by atoms with Gasteiger partial charge in [-0.3, -0.25) is 0 Å². The van der Waals surface area contributed by atoms with Crippen molar-refractivity contribution in [3.05, 3.63) is 40.2 Å². The van der Waals surface area contributed by atoms with E-state index in [9.17, 15) is 0 Å². The molecule has 1 aromatic carbocycles. The third-order valence-electron chi connectivity index (χ3n) is 3.52. The van der Waals surface area contributed by atoms with Crippen LogP contribution >= 0.6 is 11.3 Å². The van der Waals surface area contributed by atoms with E-state index >= 15 is 0 Å². The van der Waals surface area contributed by atoms with Crippen molar-refractivity contribution in [1.82, 2.24) is 4.98 Å². The van der Waals surface area contributed by atoms with Crippen molar-refractivity contribution in [2.24, 2.45) is 5.73 Å². The van der Waals surface area contributed by atoms with Gasteiger partial charge in [0.1, 0.15) is 10.6 Å². The second-order valence-corrected chi connectivity index (χ2v) is 5.96. The first-order chi connectivity index (χ1) is 9.64. The number of benzene rings is 1. The number of rotatable bonds is 6. The van der Waals surface area contributed by atoms with Gasteiger partial charge in [-0.15, -0.1) is 11.3 Å². The molecule has 0 aliphatic rings. The molecular formula is C16H22N2OS. The summed E-state index contributed by atoms with van der Waals surface area (Å²) in [6, 6.07) is 10.2. The van der Waals surface area contributed by atoms with E-state index in [2.05, 4.69) is 26.0 Å². The van der Waals surface area contributed by atoms with Gasteiger partial charge in [-0.05, 0) is 20.3 Å². The Morgan fingerprint density at radius 3 is 2.50 bits per heavy atom. The van der Waals surface area contributed by atoms with E-state index < -0.39 is 0 Å². The first-order valence-electron chi connectivity index (χ1n) is 7.04. The van der Waals surface area contributed by atoms with Crippen LogP contribution in [0.1, 0.15) is 37.1 Å². The van der Waals surface area contributed by atoms with Crippen LogP contribution in [0.25, 0.3) is 11.3 Å². The number of nitrogens with zero attached hydrogens (tertiary/aromatic N) is 1. The van der Waals surface area contributed by atoms with Gasteiger partial charge in [-0.1, -0.05) is 37.3 Å². The van der Waals surface area contributed by atoms with E-state index in [0.717, 1.165) is 27.6 Å². The lowest BCUT2D eigenvalue weighted by Gasteiger charge is -2.25. The molecule has 1 heterocycles. The predicted octanol–water partition coefficient (Wildman–Crippen LogP) is 3.93. The largest absolute Gasteiger partial charge is 0.368 e. The molecule has 1 aromatic heterocycles. The Balaban J connectivity index is 2.46. The Morgan fingerprint density at radius 1 is 1.25 bits per heavy atom. The summed E-state index contributed by atoms with van der Waals surface area (Å²) in [5, 5.41) is 1.01. The lowest BCUT2D eigenvalue weighted by atomic mass is 10.0. The molecule has 0 aliphatic heterocycles. The summed E-state index contributed by atoms with van der Waals surface area (Å²) in [6.07, 6.45) is 0.895. The Hall–Kier alpha value is -1.23. The minimum atomic E-state index is -0.323. The molecule has 2 N–H and O–H groups in total. The predicted molar refractivity (Wildman–Crippen MR) is 84.7 cm³/mol. The Labute approximate surface area is 124 Å². The van der Waals surface area contributed by atoms with E-state index in [0.29, 0.717) is 13.2 Å². The Kier molecular flexibility index (Phi) is 4.91. The molecule has 0 radical (unpaired) electrons. The molecule has 1 unspecified atom stereocenters. The molecule has 2 aromatic rings. The topological polar surface area (TPSA) is 48.1 Å². The van der Waals surface area contributed by atoms with E-state index in [1.807, 2.05) is 25.1 Å². The number of aromatic nitrogens is 1. The summed E-state index contributed by atoms with van der Waals surface area (Å²) in [4.78, 5) is 5.94. The number of thiazole rings is 1. The fraction of sp³-hybridized carbons (Fsp3) is 0.438. The van der Waals surface area contributed by atoms with E-state index in [1.54, 1.807) is 11.3 Å². The maximum atomic E-state index is 5.92. The quantitative estimate of drug-likeness (QED) is 0.877. The summed E-state index contributed by atoms with van der Waals surface area (Å²) in [7, 11) is 0. The van der Waals surface area contributed by atoms with Crippen LogP contribution in [0.4, 0.5) is 0 Å². The van der Waals surface area contributed by atoms with Crippen molar-refractivity contribution in [3.8, 4) is 11.3 Å². The highest BCUT2D eigenvalue weighted by Crippen LogP contribution is 2.37. The summed E-state index contributed by atoms with van der Waals surface area (Å²) < 4.78 is 5.92. The molecule has 0 amide bonds. The highest BCUT2D eigenvalue weighted by molar-refractivity contribution is 7.12. The Morgan fingerprint density at radius 2 is 1.95 bits per heavy atom. The van der Waals surface area contributed by atoms with Crippen molar-refractivity contribution < 1.29 is 4.74 Å². The second-order valence-electron chi connectivity index (χ2n) is 4.88. The van der Waals surface area contributed by atoms with Crippen LogP contribution in [0.15, 0.2) is 30.3 Å². The molecule has 0 saturated heterocycles. The van der Waals surface area contributed by atoms with Crippen LogP contribution in [0.2, 0.25) is 0 Å². The van der Waals surface area contributed by atoms with E-state index in [-0.39, 0.29) is 5.60 Å². The minimum absolute atomic E-state index is 0.323. The van der Waals surface area contributed by atoms with Crippen molar-refractivity contribution in [2.75, 3.05) is 6.61 Å². The van der Waals surface area contributed by atoms with Crippen molar-refractivity contribution in [3.63, 3.8) is 0 Å². The standard InChI is InChI=1S/C16H22N2OS/c1-4-16(3,19-5-2)15-18-14(13(11-17)20-15)12-9-7-6-8-10-12/h6-10H,4-5,11,17H2,1-3H3. The molecule has 108 valence electrons. The Bertz CT molecular complexity index is 553. The summed E-state index contributed by atoms with van der Waals surface area (Å²) >= 11 is 1.66. The van der Waals surface area contributed by atoms with Gasteiger partial charge >= 0.3 is 0 Å². The second kappa shape index (κ2) is 6.48. The first-order valence-corrected chi connectivity index (χ1v) is 7.86. The smallest absolute Gasteiger partial charge is 0.125 e. The zero-order valence-electron chi connectivity index (χ0n) is 12.3. The lowest BCUT2D eigenvalue weighted by molar-refractivity contribution is -0.0324. The molecule has 0 aliphatic carbocycles. The highest BCUT2D eigenvalue weighted by atomic mass is 32.1. The van der Waals surface area contributed by atoms with E-state index in [1.165, 1.54) is 0 Å². The average molecular weight is 290 g/mol. The van der Waals surface area contributed by atoms with Gasteiger partial charge in [0.05, 0.1) is 5.69 Å². The molecule has 0 saturated carbocycles. The van der Waals surface area contributed by atoms with Crippen molar-refractivity contribution in [2.45, 2.75) is 39.3 Å². The van der Waals surface area contributed by atoms with Gasteiger partial charge in [-0.2, -0.15) is 0 Å². The lowest BCUT2D eigenvalue weighted by Crippen LogP contribution is -2.24. The summed E-state index contributed by atoms with van der Waals surface area (Å²) in [6.45, 7) is 7.44. The zero-order chi connectivity index (χ0) is 14.6. The monoisotopic (exact) mass is 290 g/mol. The van der Waals surface area contributed by atoms with Crippen LogP contribution in [-0.2, 0) is 16.9 Å². The number of hydrogen-bond donors (Lipinski definition) is 1. The summed E-state index contributed by atoms with van der Waals surface area (Å²) in [5.74, 6) is 0. The van der Waals surface area contributed by atoms with Crippen molar-refractivity contribution in [1.29, 1.82) is 0 Å². The highest BCUT2D eigenvalue weighted by Gasteiger charge is 2.30. The fourth-order valence-electron chi connectivity index (χ4n) is 2.17. The van der Waals surface area contributed by atoms with Crippen LogP contribution in [0, 0.1) is 0 Å². The van der Waals surface area contributed by atoms with Crippen molar-refractivity contribution >= 4 is 11.3 Å². The van der Waals surface area contributed by atoms with Gasteiger partial charge in [-0.25, -0.2) is 4.98 Å². The molecular weight excluding hydrogens is 268 g/mol. The van der Waals surface area contributed by atoms with Crippen LogP contribution in [0.3, 0.4) is 0 Å². The normalized spacial score (nSPS) is 14.2. The van der Waals surface area contributed by atoms with Gasteiger partial charge < -0.3 is 10.5 Å². The van der Waals surface area contributed by atoms with Crippen LogP contribution in [0.5, 0.6) is 0 Å². The SMILES string of the molecule is CCOC(C)(CC)c1nc(-c2ccccc2)c(CN)s1.